The van der Waals surface area contributed by atoms with Crippen molar-refractivity contribution in [1.29, 1.82) is 0 Å². The quantitative estimate of drug-likeness (QED) is 0.741. The first-order valence-corrected chi connectivity index (χ1v) is 9.08. The largest absolute Gasteiger partial charge is 0.478 e. The second-order valence-electron chi connectivity index (χ2n) is 7.06. The third-order valence-corrected chi connectivity index (χ3v) is 5.09. The predicted octanol–water partition coefficient (Wildman–Crippen LogP) is 3.52. The monoisotopic (exact) mass is 363 g/mol. The third kappa shape index (κ3) is 2.97. The molecule has 2 heterocycles. The molecule has 6 nitrogen and oxygen atoms in total. The summed E-state index contributed by atoms with van der Waals surface area (Å²) in [6, 6.07) is 10.5. The summed E-state index contributed by atoms with van der Waals surface area (Å²) < 4.78 is 1.77. The van der Waals surface area contributed by atoms with Crippen LogP contribution in [0.5, 0.6) is 0 Å². The van der Waals surface area contributed by atoms with Crippen LogP contribution in [0.4, 0.5) is 5.69 Å². The number of hydrogen-bond donors (Lipinski definition) is 2. The SMILES string of the molecule is Cc1cc([C@@H](C)Nc2ccccc2C(=O)O)c2nc3n(c(=O)c2c1)CCC3. The Labute approximate surface area is 156 Å². The molecule has 0 unspecified atom stereocenters. The van der Waals surface area contributed by atoms with Gasteiger partial charge in [0.15, 0.2) is 0 Å². The molecule has 3 aromatic rings. The number of aromatic carboxylic acids is 1. The number of aryl methyl sites for hydroxylation is 2. The number of rotatable bonds is 4. The molecule has 1 aliphatic heterocycles. The van der Waals surface area contributed by atoms with Gasteiger partial charge < -0.3 is 10.4 Å². The van der Waals surface area contributed by atoms with Crippen LogP contribution in [0, 0.1) is 6.92 Å². The van der Waals surface area contributed by atoms with Crippen molar-refractivity contribution in [1.82, 2.24) is 9.55 Å². The minimum atomic E-state index is -0.978. The molecule has 0 saturated heterocycles. The van der Waals surface area contributed by atoms with Gasteiger partial charge in [0, 0.05) is 24.2 Å². The number of anilines is 1. The molecule has 0 spiro atoms. The summed E-state index contributed by atoms with van der Waals surface area (Å²) in [7, 11) is 0. The van der Waals surface area contributed by atoms with Crippen LogP contribution in [0.2, 0.25) is 0 Å². The summed E-state index contributed by atoms with van der Waals surface area (Å²) in [6.45, 7) is 4.64. The molecule has 1 aliphatic rings. The lowest BCUT2D eigenvalue weighted by atomic mass is 10.0. The Kier molecular flexibility index (Phi) is 4.18. The number of carboxylic acid groups (broad SMARTS) is 1. The van der Waals surface area contributed by atoms with Crippen molar-refractivity contribution in [3.63, 3.8) is 0 Å². The van der Waals surface area contributed by atoms with E-state index in [2.05, 4.69) is 5.32 Å². The van der Waals surface area contributed by atoms with Crippen LogP contribution in [0.3, 0.4) is 0 Å². The fourth-order valence-electron chi connectivity index (χ4n) is 3.80. The lowest BCUT2D eigenvalue weighted by Gasteiger charge is -2.20. The van der Waals surface area contributed by atoms with Gasteiger partial charge in [-0.05, 0) is 44.0 Å². The first kappa shape index (κ1) is 17.3. The highest BCUT2D eigenvalue weighted by Crippen LogP contribution is 2.28. The van der Waals surface area contributed by atoms with Gasteiger partial charge in [-0.25, -0.2) is 9.78 Å². The molecule has 0 saturated carbocycles. The van der Waals surface area contributed by atoms with E-state index in [0.29, 0.717) is 16.6 Å². The number of aromatic nitrogens is 2. The van der Waals surface area contributed by atoms with Crippen molar-refractivity contribution in [2.45, 2.75) is 39.3 Å². The van der Waals surface area contributed by atoms with Gasteiger partial charge in [0.25, 0.3) is 5.56 Å². The first-order chi connectivity index (χ1) is 13.0. The fourth-order valence-corrected chi connectivity index (χ4v) is 3.80. The lowest BCUT2D eigenvalue weighted by molar-refractivity contribution is 0.0698. The zero-order valence-corrected chi connectivity index (χ0v) is 15.3. The molecule has 0 aliphatic carbocycles. The van der Waals surface area contributed by atoms with Crippen LogP contribution >= 0.6 is 0 Å². The minimum Gasteiger partial charge on any atom is -0.478 e. The van der Waals surface area contributed by atoms with E-state index < -0.39 is 5.97 Å². The number of carboxylic acids is 1. The number of nitrogens with one attached hydrogen (secondary N) is 1. The van der Waals surface area contributed by atoms with Crippen molar-refractivity contribution >= 4 is 22.6 Å². The van der Waals surface area contributed by atoms with Gasteiger partial charge in [0.2, 0.25) is 0 Å². The fraction of sp³-hybridized carbons (Fsp3) is 0.286. The van der Waals surface area contributed by atoms with Gasteiger partial charge in [-0.15, -0.1) is 0 Å². The number of carbonyl (C=O) groups is 1. The van der Waals surface area contributed by atoms with Gasteiger partial charge in [0.1, 0.15) is 5.82 Å². The number of benzene rings is 2. The maximum Gasteiger partial charge on any atom is 0.337 e. The van der Waals surface area contributed by atoms with Gasteiger partial charge in [-0.1, -0.05) is 18.2 Å². The number of hydrogen-bond acceptors (Lipinski definition) is 4. The van der Waals surface area contributed by atoms with E-state index in [1.807, 2.05) is 26.0 Å². The maximum absolute atomic E-state index is 12.9. The smallest absolute Gasteiger partial charge is 0.337 e. The molecule has 0 bridgehead atoms. The molecular formula is C21H21N3O3. The molecule has 27 heavy (non-hydrogen) atoms. The van der Waals surface area contributed by atoms with Crippen LogP contribution in [0.25, 0.3) is 10.9 Å². The zero-order chi connectivity index (χ0) is 19.1. The van der Waals surface area contributed by atoms with Crippen LogP contribution in [-0.2, 0) is 13.0 Å². The second-order valence-corrected chi connectivity index (χ2v) is 7.06. The highest BCUT2D eigenvalue weighted by molar-refractivity contribution is 5.94. The van der Waals surface area contributed by atoms with Crippen molar-refractivity contribution in [3.8, 4) is 0 Å². The number of fused-ring (bicyclic) bond motifs is 2. The molecule has 4 rings (SSSR count). The Morgan fingerprint density at radius 2 is 2.07 bits per heavy atom. The van der Waals surface area contributed by atoms with E-state index in [4.69, 9.17) is 4.98 Å². The van der Waals surface area contributed by atoms with Crippen molar-refractivity contribution < 1.29 is 9.90 Å². The maximum atomic E-state index is 12.9. The van der Waals surface area contributed by atoms with Crippen molar-refractivity contribution in [2.24, 2.45) is 0 Å². The van der Waals surface area contributed by atoms with Crippen LogP contribution < -0.4 is 10.9 Å². The molecular weight excluding hydrogens is 342 g/mol. The van der Waals surface area contributed by atoms with E-state index in [0.717, 1.165) is 36.3 Å². The molecule has 138 valence electrons. The average molecular weight is 363 g/mol. The van der Waals surface area contributed by atoms with E-state index in [9.17, 15) is 14.7 Å². The normalized spacial score (nSPS) is 14.1. The van der Waals surface area contributed by atoms with Gasteiger partial charge in [-0.2, -0.15) is 0 Å². The van der Waals surface area contributed by atoms with Gasteiger partial charge in [-0.3, -0.25) is 9.36 Å². The summed E-state index contributed by atoms with van der Waals surface area (Å²) in [6.07, 6.45) is 1.74. The highest BCUT2D eigenvalue weighted by Gasteiger charge is 2.21. The summed E-state index contributed by atoms with van der Waals surface area (Å²) in [5.74, 6) is -0.149. The molecule has 1 atom stereocenters. The third-order valence-electron chi connectivity index (χ3n) is 5.09. The molecule has 0 amide bonds. The first-order valence-electron chi connectivity index (χ1n) is 9.08. The highest BCUT2D eigenvalue weighted by atomic mass is 16.4. The van der Waals surface area contributed by atoms with Gasteiger partial charge in [0.05, 0.1) is 22.5 Å². The van der Waals surface area contributed by atoms with E-state index in [1.54, 1.807) is 28.8 Å². The minimum absolute atomic E-state index is 0.00980. The number of para-hydroxylation sites is 1. The Morgan fingerprint density at radius 1 is 1.30 bits per heavy atom. The van der Waals surface area contributed by atoms with Gasteiger partial charge >= 0.3 is 5.97 Å². The summed E-state index contributed by atoms with van der Waals surface area (Å²) >= 11 is 0. The zero-order valence-electron chi connectivity index (χ0n) is 15.3. The number of nitrogens with zero attached hydrogens (tertiary/aromatic N) is 2. The Bertz CT molecular complexity index is 1120. The molecule has 2 N–H and O–H groups in total. The van der Waals surface area contributed by atoms with Crippen LogP contribution in [-0.4, -0.2) is 20.6 Å². The topological polar surface area (TPSA) is 84.2 Å². The van der Waals surface area contributed by atoms with Crippen molar-refractivity contribution in [3.05, 3.63) is 69.3 Å². The molecule has 2 aromatic carbocycles. The summed E-state index contributed by atoms with van der Waals surface area (Å²) in [4.78, 5) is 29.1. The predicted molar refractivity (Wildman–Crippen MR) is 105 cm³/mol. The van der Waals surface area contributed by atoms with Crippen LogP contribution in [0.15, 0.2) is 41.2 Å². The van der Waals surface area contributed by atoms with E-state index in [1.165, 1.54) is 0 Å². The molecule has 6 heteroatoms. The lowest BCUT2D eigenvalue weighted by Crippen LogP contribution is -2.22. The average Bonchev–Trinajstić information content (AvgIpc) is 3.11. The van der Waals surface area contributed by atoms with E-state index in [-0.39, 0.29) is 17.2 Å². The Hall–Kier alpha value is -3.15. The van der Waals surface area contributed by atoms with Crippen molar-refractivity contribution in [2.75, 3.05) is 5.32 Å². The Morgan fingerprint density at radius 3 is 2.85 bits per heavy atom. The molecule has 0 radical (unpaired) electrons. The summed E-state index contributed by atoms with van der Waals surface area (Å²) in [5.41, 5.74) is 3.36. The molecule has 0 fully saturated rings. The molecule has 1 aromatic heterocycles. The Balaban J connectivity index is 1.83. The standard InChI is InChI=1S/C21H21N3O3/c1-12-10-15(13(2)22-17-7-4-3-6-14(17)21(26)27)19-16(11-12)20(25)24-9-5-8-18(24)23-19/h3-4,6-7,10-11,13,22H,5,8-9H2,1-2H3,(H,26,27)/t13-/m1/s1. The summed E-state index contributed by atoms with van der Waals surface area (Å²) in [5, 5.41) is 13.3. The van der Waals surface area contributed by atoms with Crippen LogP contribution in [0.1, 0.15) is 46.7 Å². The van der Waals surface area contributed by atoms with E-state index >= 15 is 0 Å². The second kappa shape index (κ2) is 6.54.